The van der Waals surface area contributed by atoms with E-state index in [1.54, 1.807) is 6.07 Å². The zero-order chi connectivity index (χ0) is 14.5. The van der Waals surface area contributed by atoms with Crippen LogP contribution in [0.4, 0.5) is 13.9 Å². The van der Waals surface area contributed by atoms with E-state index >= 15 is 0 Å². The van der Waals surface area contributed by atoms with Gasteiger partial charge in [-0.05, 0) is 12.1 Å². The van der Waals surface area contributed by atoms with Gasteiger partial charge in [0.05, 0.1) is 18.4 Å². The molecule has 5 nitrogen and oxygen atoms in total. The van der Waals surface area contributed by atoms with E-state index in [0.29, 0.717) is 17.4 Å². The Labute approximate surface area is 119 Å². The molecule has 20 heavy (non-hydrogen) atoms. The van der Waals surface area contributed by atoms with E-state index in [-0.39, 0.29) is 11.7 Å². The number of hydrogen-bond donors (Lipinski definition) is 1. The van der Waals surface area contributed by atoms with Crippen LogP contribution in [0.5, 0.6) is 5.75 Å². The summed E-state index contributed by atoms with van der Waals surface area (Å²) in [7, 11) is 0. The highest BCUT2D eigenvalue weighted by atomic mass is 32.1. The summed E-state index contributed by atoms with van der Waals surface area (Å²) in [6.45, 7) is 1.66. The minimum Gasteiger partial charge on any atom is -0.433 e. The second-order valence-electron chi connectivity index (χ2n) is 4.33. The number of ether oxygens (including phenoxy) is 1. The van der Waals surface area contributed by atoms with E-state index < -0.39 is 6.61 Å². The normalized spacial score (nSPS) is 11.1. The van der Waals surface area contributed by atoms with Gasteiger partial charge in [-0.2, -0.15) is 13.2 Å². The second-order valence-corrected chi connectivity index (χ2v) is 5.08. The van der Waals surface area contributed by atoms with Crippen molar-refractivity contribution in [2.75, 3.05) is 5.32 Å². The van der Waals surface area contributed by atoms with Crippen LogP contribution in [-0.2, 0) is 6.54 Å². The van der Waals surface area contributed by atoms with Crippen molar-refractivity contribution in [3.63, 3.8) is 0 Å². The van der Waals surface area contributed by atoms with Gasteiger partial charge in [0, 0.05) is 17.5 Å². The summed E-state index contributed by atoms with van der Waals surface area (Å²) < 4.78 is 32.4. The third-order valence-corrected chi connectivity index (χ3v) is 3.09. The van der Waals surface area contributed by atoms with Crippen molar-refractivity contribution in [2.24, 2.45) is 0 Å². The molecule has 2 rings (SSSR count). The maximum absolute atomic E-state index is 12.0. The number of pyridine rings is 1. The average Bonchev–Trinajstić information content (AvgIpc) is 2.86. The molecule has 0 bridgehead atoms. The molecule has 8 heteroatoms. The zero-order valence-electron chi connectivity index (χ0n) is 11.0. The van der Waals surface area contributed by atoms with Crippen LogP contribution >= 0.6 is 11.5 Å². The molecule has 2 aromatic heterocycles. The Bertz CT molecular complexity index is 545. The predicted octanol–water partition coefficient (Wildman–Crippen LogP) is 3.27. The van der Waals surface area contributed by atoms with Crippen molar-refractivity contribution in [3.05, 3.63) is 29.8 Å². The Morgan fingerprint density at radius 3 is 2.70 bits per heavy atom. The van der Waals surface area contributed by atoms with Gasteiger partial charge >= 0.3 is 6.61 Å². The summed E-state index contributed by atoms with van der Waals surface area (Å²) in [6, 6.07) is 3.07. The van der Waals surface area contributed by atoms with Gasteiger partial charge in [-0.3, -0.25) is 4.98 Å². The highest BCUT2D eigenvalue weighted by molar-refractivity contribution is 7.09. The maximum Gasteiger partial charge on any atom is 0.387 e. The summed E-state index contributed by atoms with van der Waals surface area (Å²) in [4.78, 5) is 8.35. The molecule has 2 heterocycles. The molecule has 0 aromatic carbocycles. The Balaban J connectivity index is 1.90. The van der Waals surface area contributed by atoms with E-state index in [4.69, 9.17) is 0 Å². The molecule has 0 saturated heterocycles. The number of rotatable bonds is 6. The van der Waals surface area contributed by atoms with Crippen LogP contribution in [0, 0.1) is 0 Å². The Kier molecular flexibility index (Phi) is 4.78. The largest absolute Gasteiger partial charge is 0.433 e. The summed E-state index contributed by atoms with van der Waals surface area (Å²) >= 11 is 1.28. The van der Waals surface area contributed by atoms with Crippen molar-refractivity contribution in [2.45, 2.75) is 32.9 Å². The third-order valence-electron chi connectivity index (χ3n) is 2.40. The Morgan fingerprint density at radius 2 is 2.15 bits per heavy atom. The van der Waals surface area contributed by atoms with Gasteiger partial charge in [0.2, 0.25) is 5.13 Å². The molecule has 0 radical (unpaired) electrons. The molecule has 0 unspecified atom stereocenters. The van der Waals surface area contributed by atoms with Crippen molar-refractivity contribution < 1.29 is 13.5 Å². The fraction of sp³-hybridized carbons (Fsp3) is 0.417. The standard InChI is InChI=1S/C12H14F2N4OS/c1-7(2)10-17-12(20-18-10)16-5-8-3-4-9(6-15-8)19-11(13)14/h3-4,6-7,11H,5H2,1-2H3,(H,16,17,18). The first kappa shape index (κ1) is 14.6. The molecule has 0 spiro atoms. The first-order chi connectivity index (χ1) is 9.54. The molecule has 2 aromatic rings. The molecule has 0 aliphatic rings. The molecule has 0 fully saturated rings. The lowest BCUT2D eigenvalue weighted by Gasteiger charge is -2.05. The van der Waals surface area contributed by atoms with E-state index in [9.17, 15) is 8.78 Å². The topological polar surface area (TPSA) is 59.9 Å². The summed E-state index contributed by atoms with van der Waals surface area (Å²) in [5.41, 5.74) is 0.702. The highest BCUT2D eigenvalue weighted by Crippen LogP contribution is 2.18. The predicted molar refractivity (Wildman–Crippen MR) is 72.2 cm³/mol. The van der Waals surface area contributed by atoms with Crippen molar-refractivity contribution in [1.29, 1.82) is 0 Å². The Hall–Kier alpha value is -1.83. The maximum atomic E-state index is 12.0. The molecule has 0 amide bonds. The third kappa shape index (κ3) is 4.09. The number of nitrogens with zero attached hydrogens (tertiary/aromatic N) is 3. The zero-order valence-corrected chi connectivity index (χ0v) is 11.8. The van der Waals surface area contributed by atoms with E-state index in [1.165, 1.54) is 23.8 Å². The van der Waals surface area contributed by atoms with Crippen LogP contribution in [0.15, 0.2) is 18.3 Å². The summed E-state index contributed by atoms with van der Waals surface area (Å²) in [5, 5.41) is 3.80. The van der Waals surface area contributed by atoms with Gasteiger partial charge in [-0.1, -0.05) is 13.8 Å². The van der Waals surface area contributed by atoms with Gasteiger partial charge < -0.3 is 10.1 Å². The number of halogens is 2. The van der Waals surface area contributed by atoms with Crippen molar-refractivity contribution in [3.8, 4) is 5.75 Å². The number of alkyl halides is 2. The monoisotopic (exact) mass is 300 g/mol. The lowest BCUT2D eigenvalue weighted by atomic mass is 10.2. The fourth-order valence-electron chi connectivity index (χ4n) is 1.40. The SMILES string of the molecule is CC(C)c1nsc(NCc2ccc(OC(F)F)cn2)n1. The van der Waals surface area contributed by atoms with E-state index in [1.807, 2.05) is 13.8 Å². The van der Waals surface area contributed by atoms with Crippen molar-refractivity contribution in [1.82, 2.24) is 14.3 Å². The molecule has 1 N–H and O–H groups in total. The van der Waals surface area contributed by atoms with Crippen LogP contribution in [-0.4, -0.2) is 21.0 Å². The lowest BCUT2D eigenvalue weighted by Crippen LogP contribution is -2.04. The van der Waals surface area contributed by atoms with Gasteiger partial charge in [0.15, 0.2) is 0 Å². The van der Waals surface area contributed by atoms with Crippen LogP contribution in [0.2, 0.25) is 0 Å². The van der Waals surface area contributed by atoms with Crippen LogP contribution in [0.1, 0.15) is 31.3 Å². The van der Waals surface area contributed by atoms with E-state index in [2.05, 4.69) is 24.4 Å². The molecule has 0 aliphatic carbocycles. The molecule has 0 aliphatic heterocycles. The van der Waals surface area contributed by atoms with Crippen LogP contribution in [0.25, 0.3) is 0 Å². The van der Waals surface area contributed by atoms with Gasteiger partial charge in [0.1, 0.15) is 11.6 Å². The second kappa shape index (κ2) is 6.56. The first-order valence-electron chi connectivity index (χ1n) is 6.02. The molecular weight excluding hydrogens is 286 g/mol. The van der Waals surface area contributed by atoms with Gasteiger partial charge in [-0.25, -0.2) is 4.98 Å². The van der Waals surface area contributed by atoms with Crippen LogP contribution < -0.4 is 10.1 Å². The molecule has 0 saturated carbocycles. The first-order valence-corrected chi connectivity index (χ1v) is 6.79. The van der Waals surface area contributed by atoms with Crippen LogP contribution in [0.3, 0.4) is 0 Å². The molecule has 108 valence electrons. The molecular formula is C12H14F2N4OS. The Morgan fingerprint density at radius 1 is 1.35 bits per heavy atom. The van der Waals surface area contributed by atoms with E-state index in [0.717, 1.165) is 5.82 Å². The minimum atomic E-state index is -2.84. The van der Waals surface area contributed by atoms with Crippen molar-refractivity contribution >= 4 is 16.7 Å². The number of hydrogen-bond acceptors (Lipinski definition) is 6. The fourth-order valence-corrected chi connectivity index (χ4v) is 2.10. The average molecular weight is 300 g/mol. The number of aromatic nitrogens is 3. The van der Waals surface area contributed by atoms with Gasteiger partial charge in [0.25, 0.3) is 0 Å². The summed E-state index contributed by atoms with van der Waals surface area (Å²) in [5.74, 6) is 1.12. The lowest BCUT2D eigenvalue weighted by molar-refractivity contribution is -0.0500. The smallest absolute Gasteiger partial charge is 0.387 e. The summed E-state index contributed by atoms with van der Waals surface area (Å²) in [6.07, 6.45) is 1.27. The number of anilines is 1. The van der Waals surface area contributed by atoms with Gasteiger partial charge in [-0.15, -0.1) is 0 Å². The number of nitrogens with one attached hydrogen (secondary N) is 1. The minimum absolute atomic E-state index is 0.0433. The molecule has 0 atom stereocenters. The highest BCUT2D eigenvalue weighted by Gasteiger charge is 2.08. The quantitative estimate of drug-likeness (QED) is 0.887.